The second-order valence-electron chi connectivity index (χ2n) is 5.74. The van der Waals surface area contributed by atoms with E-state index in [0.717, 1.165) is 12.0 Å². The largest absolute Gasteiger partial charge is 0.493 e. The number of esters is 1. The fraction of sp³-hybridized carbons (Fsp3) is 0.300. The third kappa shape index (κ3) is 6.00. The van der Waals surface area contributed by atoms with Crippen LogP contribution in [0.5, 0.6) is 11.5 Å². The lowest BCUT2D eigenvalue weighted by atomic mass is 10.1. The maximum Gasteiger partial charge on any atom is 0.337 e. The lowest BCUT2D eigenvalue weighted by Crippen LogP contribution is -2.29. The Kier molecular flexibility index (Phi) is 7.63. The number of hydrogen-bond donors (Lipinski definition) is 2. The first kappa shape index (κ1) is 20.3. The van der Waals surface area contributed by atoms with Crippen LogP contribution in [-0.4, -0.2) is 46.3 Å². The fourth-order valence-corrected chi connectivity index (χ4v) is 2.52. The van der Waals surface area contributed by atoms with Gasteiger partial charge in [0.1, 0.15) is 0 Å². The highest BCUT2D eigenvalue weighted by molar-refractivity contribution is 5.95. The Hall–Kier alpha value is -3.06. The van der Waals surface area contributed by atoms with Gasteiger partial charge in [0.2, 0.25) is 5.91 Å². The highest BCUT2D eigenvalue weighted by atomic mass is 16.5. The Morgan fingerprint density at radius 3 is 2.44 bits per heavy atom. The number of rotatable bonds is 9. The van der Waals surface area contributed by atoms with Gasteiger partial charge in [-0.25, -0.2) is 4.79 Å². The molecular weight excluding hydrogens is 348 g/mol. The zero-order valence-electron chi connectivity index (χ0n) is 15.7. The maximum atomic E-state index is 12.0. The predicted molar refractivity (Wildman–Crippen MR) is 103 cm³/mol. The number of carbonyl (C=O) groups is 2. The van der Waals surface area contributed by atoms with Crippen molar-refractivity contribution in [1.82, 2.24) is 5.32 Å². The second kappa shape index (κ2) is 10.2. The average molecular weight is 372 g/mol. The molecule has 0 spiro atoms. The van der Waals surface area contributed by atoms with E-state index in [9.17, 15) is 9.59 Å². The third-order valence-electron chi connectivity index (χ3n) is 3.89. The summed E-state index contributed by atoms with van der Waals surface area (Å²) in [4.78, 5) is 23.6. The lowest BCUT2D eigenvalue weighted by Gasteiger charge is -2.10. The van der Waals surface area contributed by atoms with Gasteiger partial charge < -0.3 is 24.8 Å². The van der Waals surface area contributed by atoms with Gasteiger partial charge in [-0.05, 0) is 48.9 Å². The van der Waals surface area contributed by atoms with E-state index in [1.807, 2.05) is 18.2 Å². The quantitative estimate of drug-likeness (QED) is 0.519. The molecule has 2 N–H and O–H groups in total. The van der Waals surface area contributed by atoms with Crippen molar-refractivity contribution in [2.24, 2.45) is 0 Å². The van der Waals surface area contributed by atoms with Crippen LogP contribution in [0.25, 0.3) is 0 Å². The molecule has 1 amide bonds. The molecule has 2 rings (SSSR count). The fourth-order valence-electron chi connectivity index (χ4n) is 2.52. The van der Waals surface area contributed by atoms with Crippen LogP contribution >= 0.6 is 0 Å². The molecule has 0 aliphatic heterocycles. The summed E-state index contributed by atoms with van der Waals surface area (Å²) in [6.07, 6.45) is 0.742. The number of hydrogen-bond acceptors (Lipinski definition) is 6. The van der Waals surface area contributed by atoms with Crippen LogP contribution in [0.15, 0.2) is 42.5 Å². The lowest BCUT2D eigenvalue weighted by molar-refractivity contribution is -0.115. The van der Waals surface area contributed by atoms with E-state index in [1.165, 1.54) is 7.11 Å². The molecule has 0 radical (unpaired) electrons. The molecule has 0 saturated heterocycles. The van der Waals surface area contributed by atoms with Crippen molar-refractivity contribution >= 4 is 17.6 Å². The summed E-state index contributed by atoms with van der Waals surface area (Å²) in [6.45, 7) is 0.793. The first-order valence-corrected chi connectivity index (χ1v) is 8.47. The molecule has 2 aromatic carbocycles. The summed E-state index contributed by atoms with van der Waals surface area (Å²) >= 11 is 0. The minimum atomic E-state index is -0.445. The Balaban J connectivity index is 1.79. The van der Waals surface area contributed by atoms with E-state index >= 15 is 0 Å². The Morgan fingerprint density at radius 2 is 1.74 bits per heavy atom. The van der Waals surface area contributed by atoms with Crippen molar-refractivity contribution in [1.29, 1.82) is 0 Å². The number of ether oxygens (including phenoxy) is 3. The van der Waals surface area contributed by atoms with Crippen molar-refractivity contribution in [2.45, 2.75) is 6.42 Å². The minimum absolute atomic E-state index is 0.162. The molecule has 0 saturated carbocycles. The van der Waals surface area contributed by atoms with Crippen LogP contribution < -0.4 is 20.1 Å². The van der Waals surface area contributed by atoms with Crippen molar-refractivity contribution in [3.63, 3.8) is 0 Å². The third-order valence-corrected chi connectivity index (χ3v) is 3.89. The molecule has 2 aromatic rings. The molecule has 0 fully saturated rings. The van der Waals surface area contributed by atoms with Crippen molar-refractivity contribution < 1.29 is 23.8 Å². The maximum absolute atomic E-state index is 12.0. The van der Waals surface area contributed by atoms with E-state index in [4.69, 9.17) is 9.47 Å². The van der Waals surface area contributed by atoms with Crippen molar-refractivity contribution in [2.75, 3.05) is 39.7 Å². The second-order valence-corrected chi connectivity index (χ2v) is 5.74. The van der Waals surface area contributed by atoms with Crippen LogP contribution in [0.1, 0.15) is 15.9 Å². The zero-order chi connectivity index (χ0) is 19.6. The molecule has 0 aliphatic rings. The van der Waals surface area contributed by atoms with Crippen LogP contribution in [-0.2, 0) is 16.0 Å². The summed E-state index contributed by atoms with van der Waals surface area (Å²) in [5, 5.41) is 5.84. The molecule has 7 nitrogen and oxygen atoms in total. The molecule has 0 bridgehead atoms. The summed E-state index contributed by atoms with van der Waals surface area (Å²) in [5.74, 6) is 0.726. The number of carbonyl (C=O) groups excluding carboxylic acids is 2. The number of nitrogens with one attached hydrogen (secondary N) is 2. The molecule has 7 heteroatoms. The highest BCUT2D eigenvalue weighted by Crippen LogP contribution is 2.27. The number of amides is 1. The zero-order valence-corrected chi connectivity index (χ0v) is 15.7. The van der Waals surface area contributed by atoms with Gasteiger partial charge in [-0.1, -0.05) is 12.1 Å². The van der Waals surface area contributed by atoms with Gasteiger partial charge >= 0.3 is 5.97 Å². The topological polar surface area (TPSA) is 85.9 Å². The van der Waals surface area contributed by atoms with Crippen LogP contribution in [0, 0.1) is 0 Å². The standard InChI is InChI=1S/C20H24N2O5/c1-25-17-8-7-14(11-18(17)26-2)9-10-21-13-19(23)22-16-6-4-5-15(12-16)20(24)27-3/h4-8,11-12,21H,9-10,13H2,1-3H3,(H,22,23). The van der Waals surface area contributed by atoms with E-state index < -0.39 is 5.97 Å². The predicted octanol–water partition coefficient (Wildman–Crippen LogP) is 2.26. The van der Waals surface area contributed by atoms with Gasteiger partial charge in [0.15, 0.2) is 11.5 Å². The molecule has 0 aromatic heterocycles. The Morgan fingerprint density at radius 1 is 0.963 bits per heavy atom. The SMILES string of the molecule is COC(=O)c1cccc(NC(=O)CNCCc2ccc(OC)c(OC)c2)c1. The first-order valence-electron chi connectivity index (χ1n) is 8.47. The Bertz CT molecular complexity index is 792. The van der Waals surface area contributed by atoms with Gasteiger partial charge in [-0.2, -0.15) is 0 Å². The monoisotopic (exact) mass is 372 g/mol. The number of anilines is 1. The molecule has 0 aliphatic carbocycles. The highest BCUT2D eigenvalue weighted by Gasteiger charge is 2.08. The number of benzene rings is 2. The van der Waals surface area contributed by atoms with Crippen molar-refractivity contribution in [3.05, 3.63) is 53.6 Å². The molecule has 27 heavy (non-hydrogen) atoms. The summed E-state index contributed by atoms with van der Waals surface area (Å²) in [6, 6.07) is 12.3. The van der Waals surface area contributed by atoms with Gasteiger partial charge in [-0.15, -0.1) is 0 Å². The molecule has 0 atom stereocenters. The van der Waals surface area contributed by atoms with E-state index in [2.05, 4.69) is 15.4 Å². The minimum Gasteiger partial charge on any atom is -0.493 e. The molecular formula is C20H24N2O5. The first-order chi connectivity index (χ1) is 13.1. The molecule has 144 valence electrons. The summed E-state index contributed by atoms with van der Waals surface area (Å²) in [7, 11) is 4.51. The van der Waals surface area contributed by atoms with E-state index in [-0.39, 0.29) is 12.5 Å². The van der Waals surface area contributed by atoms with E-state index in [1.54, 1.807) is 38.5 Å². The van der Waals surface area contributed by atoms with Gasteiger partial charge in [0, 0.05) is 5.69 Å². The summed E-state index contributed by atoms with van der Waals surface area (Å²) < 4.78 is 15.2. The normalized spacial score (nSPS) is 10.2. The van der Waals surface area contributed by atoms with Gasteiger partial charge in [0.25, 0.3) is 0 Å². The van der Waals surface area contributed by atoms with E-state index in [0.29, 0.717) is 29.3 Å². The smallest absolute Gasteiger partial charge is 0.337 e. The van der Waals surface area contributed by atoms with Crippen LogP contribution in [0.2, 0.25) is 0 Å². The van der Waals surface area contributed by atoms with Gasteiger partial charge in [0.05, 0.1) is 33.4 Å². The Labute approximate surface area is 158 Å². The van der Waals surface area contributed by atoms with Crippen LogP contribution in [0.3, 0.4) is 0 Å². The molecule has 0 heterocycles. The van der Waals surface area contributed by atoms with Gasteiger partial charge in [-0.3, -0.25) is 4.79 Å². The van der Waals surface area contributed by atoms with Crippen LogP contribution in [0.4, 0.5) is 5.69 Å². The number of methoxy groups -OCH3 is 3. The summed E-state index contributed by atoms with van der Waals surface area (Å²) in [5.41, 5.74) is 2.01. The average Bonchev–Trinajstić information content (AvgIpc) is 2.70. The molecule has 0 unspecified atom stereocenters. The van der Waals surface area contributed by atoms with Crippen molar-refractivity contribution in [3.8, 4) is 11.5 Å².